The molecule has 0 heterocycles. The van der Waals surface area contributed by atoms with Gasteiger partial charge in [0.15, 0.2) is 0 Å². The van der Waals surface area contributed by atoms with Gasteiger partial charge in [-0.1, -0.05) is 0 Å². The molecule has 2 N–H and O–H groups in total. The number of rotatable bonds is 2. The van der Waals surface area contributed by atoms with Gasteiger partial charge in [-0.2, -0.15) is 0 Å². The zero-order valence-electron chi connectivity index (χ0n) is 4.19. The van der Waals surface area contributed by atoms with Crippen molar-refractivity contribution in [2.45, 2.75) is 6.42 Å². The molecule has 0 fully saturated rings. The van der Waals surface area contributed by atoms with Crippen molar-refractivity contribution in [1.82, 2.24) is 5.32 Å². The molecular formula is C4H8N2O. The summed E-state index contributed by atoms with van der Waals surface area (Å²) in [5.41, 5.74) is 0. The molecular weight excluding hydrogens is 92.1 g/mol. The number of hydrogen-bond acceptors (Lipinski definition) is 2. The lowest BCUT2D eigenvalue weighted by molar-refractivity contribution is -0.119. The molecule has 1 amide bonds. The summed E-state index contributed by atoms with van der Waals surface area (Å²) in [5, 5.41) is 8.83. The summed E-state index contributed by atoms with van der Waals surface area (Å²) in [5.74, 6) is -0.116. The van der Waals surface area contributed by atoms with E-state index in [-0.39, 0.29) is 12.3 Å². The van der Waals surface area contributed by atoms with E-state index in [1.54, 1.807) is 7.05 Å². The molecule has 0 aliphatic heterocycles. The van der Waals surface area contributed by atoms with Gasteiger partial charge in [-0.05, 0) is 0 Å². The Hall–Kier alpha value is -0.860. The van der Waals surface area contributed by atoms with Crippen LogP contribution in [0.15, 0.2) is 0 Å². The summed E-state index contributed by atoms with van der Waals surface area (Å²) < 4.78 is 0. The SMILES string of the molecule is CNC(=O)CC=N. The minimum Gasteiger partial charge on any atom is -0.359 e. The maximum Gasteiger partial charge on any atom is 0.225 e. The first kappa shape index (κ1) is 6.14. The zero-order chi connectivity index (χ0) is 5.70. The summed E-state index contributed by atoms with van der Waals surface area (Å²) in [6, 6.07) is 0. The summed E-state index contributed by atoms with van der Waals surface area (Å²) >= 11 is 0. The second-order valence-corrected chi connectivity index (χ2v) is 1.08. The lowest BCUT2D eigenvalue weighted by Crippen LogP contribution is -2.17. The van der Waals surface area contributed by atoms with E-state index in [2.05, 4.69) is 5.32 Å². The van der Waals surface area contributed by atoms with Crippen LogP contribution in [0, 0.1) is 5.41 Å². The van der Waals surface area contributed by atoms with E-state index in [1.807, 2.05) is 0 Å². The summed E-state index contributed by atoms with van der Waals surface area (Å²) in [4.78, 5) is 10.1. The van der Waals surface area contributed by atoms with Crippen LogP contribution in [0.5, 0.6) is 0 Å². The van der Waals surface area contributed by atoms with Gasteiger partial charge in [0.25, 0.3) is 0 Å². The normalized spacial score (nSPS) is 7.57. The fourth-order valence-electron chi connectivity index (χ4n) is 0.195. The maximum absolute atomic E-state index is 10.1. The number of carbonyl (C=O) groups excluding carboxylic acids is 1. The van der Waals surface area contributed by atoms with E-state index < -0.39 is 0 Å². The Bertz CT molecular complexity index is 79.8. The van der Waals surface area contributed by atoms with Gasteiger partial charge in [-0.25, -0.2) is 0 Å². The van der Waals surface area contributed by atoms with E-state index in [0.29, 0.717) is 0 Å². The molecule has 0 aromatic rings. The summed E-state index contributed by atoms with van der Waals surface area (Å²) in [6.07, 6.45) is 1.26. The highest BCUT2D eigenvalue weighted by Crippen LogP contribution is 1.66. The minimum absolute atomic E-state index is 0.116. The molecule has 0 bridgehead atoms. The van der Waals surface area contributed by atoms with Crippen LogP contribution in [0.25, 0.3) is 0 Å². The lowest BCUT2D eigenvalue weighted by Gasteiger charge is -1.87. The average molecular weight is 100 g/mol. The van der Waals surface area contributed by atoms with Gasteiger partial charge in [0.2, 0.25) is 5.91 Å². The Balaban J connectivity index is 3.17. The van der Waals surface area contributed by atoms with Gasteiger partial charge in [-0.3, -0.25) is 4.79 Å². The summed E-state index contributed by atoms with van der Waals surface area (Å²) in [7, 11) is 1.55. The highest BCUT2D eigenvalue weighted by Gasteiger charge is 1.88. The van der Waals surface area contributed by atoms with Crippen molar-refractivity contribution < 1.29 is 4.79 Å². The molecule has 0 rings (SSSR count). The second kappa shape index (κ2) is 3.33. The van der Waals surface area contributed by atoms with Crippen LogP contribution in [0.1, 0.15) is 6.42 Å². The number of carbonyl (C=O) groups is 1. The average Bonchev–Trinajstić information content (AvgIpc) is 1.68. The van der Waals surface area contributed by atoms with Gasteiger partial charge in [0.1, 0.15) is 0 Å². The molecule has 0 radical (unpaired) electrons. The fourth-order valence-corrected chi connectivity index (χ4v) is 0.195. The van der Waals surface area contributed by atoms with Crippen molar-refractivity contribution in [3.63, 3.8) is 0 Å². The summed E-state index contributed by atoms with van der Waals surface area (Å²) in [6.45, 7) is 0. The monoisotopic (exact) mass is 100 g/mol. The second-order valence-electron chi connectivity index (χ2n) is 1.08. The van der Waals surface area contributed by atoms with E-state index in [9.17, 15) is 4.79 Å². The number of nitrogens with one attached hydrogen (secondary N) is 2. The molecule has 0 aliphatic rings. The molecule has 3 heteroatoms. The van der Waals surface area contributed by atoms with Crippen molar-refractivity contribution in [3.05, 3.63) is 0 Å². The molecule has 0 aromatic carbocycles. The Morgan fingerprint density at radius 2 is 2.57 bits per heavy atom. The predicted octanol–water partition coefficient (Wildman–Crippen LogP) is -0.228. The molecule has 0 aliphatic carbocycles. The number of hydrogen-bond donors (Lipinski definition) is 2. The van der Waals surface area contributed by atoms with E-state index in [1.165, 1.54) is 0 Å². The molecule has 0 unspecified atom stereocenters. The largest absolute Gasteiger partial charge is 0.359 e. The molecule has 0 atom stereocenters. The van der Waals surface area contributed by atoms with Gasteiger partial charge in [-0.15, -0.1) is 0 Å². The maximum atomic E-state index is 10.1. The molecule has 0 saturated carbocycles. The van der Waals surface area contributed by atoms with Gasteiger partial charge >= 0.3 is 0 Å². The fraction of sp³-hybridized carbons (Fsp3) is 0.500. The van der Waals surface area contributed by atoms with Crippen molar-refractivity contribution in [2.24, 2.45) is 0 Å². The first-order valence-corrected chi connectivity index (χ1v) is 2.00. The lowest BCUT2D eigenvalue weighted by atomic mass is 10.4. The topological polar surface area (TPSA) is 53.0 Å². The van der Waals surface area contributed by atoms with Crippen LogP contribution in [0.2, 0.25) is 0 Å². The molecule has 0 aromatic heterocycles. The Labute approximate surface area is 42.2 Å². The molecule has 3 nitrogen and oxygen atoms in total. The van der Waals surface area contributed by atoms with Gasteiger partial charge in [0.05, 0.1) is 6.42 Å². The third-order valence-corrected chi connectivity index (χ3v) is 0.566. The molecule has 7 heavy (non-hydrogen) atoms. The van der Waals surface area contributed by atoms with Crippen LogP contribution in [0.4, 0.5) is 0 Å². The van der Waals surface area contributed by atoms with Gasteiger partial charge in [0, 0.05) is 13.3 Å². The smallest absolute Gasteiger partial charge is 0.225 e. The highest BCUT2D eigenvalue weighted by atomic mass is 16.1. The van der Waals surface area contributed by atoms with Crippen molar-refractivity contribution in [3.8, 4) is 0 Å². The van der Waals surface area contributed by atoms with Crippen LogP contribution >= 0.6 is 0 Å². The Kier molecular flexibility index (Phi) is 2.92. The van der Waals surface area contributed by atoms with Crippen LogP contribution in [-0.2, 0) is 4.79 Å². The van der Waals surface area contributed by atoms with Crippen LogP contribution in [0.3, 0.4) is 0 Å². The van der Waals surface area contributed by atoms with Crippen LogP contribution < -0.4 is 5.32 Å². The predicted molar refractivity (Wildman–Crippen MR) is 27.5 cm³/mol. The van der Waals surface area contributed by atoms with E-state index in [4.69, 9.17) is 5.41 Å². The quantitative estimate of drug-likeness (QED) is 0.463. The third kappa shape index (κ3) is 2.96. The molecule has 0 spiro atoms. The Morgan fingerprint density at radius 1 is 2.00 bits per heavy atom. The molecule has 40 valence electrons. The standard InChI is InChI=1S/C4H8N2O/c1-6-4(7)2-3-5/h3,5H,2H2,1H3,(H,6,7). The highest BCUT2D eigenvalue weighted by molar-refractivity contribution is 5.88. The third-order valence-electron chi connectivity index (χ3n) is 0.566. The van der Waals surface area contributed by atoms with Crippen molar-refractivity contribution >= 4 is 12.1 Å². The first-order valence-electron chi connectivity index (χ1n) is 2.00. The molecule has 0 saturated heterocycles. The van der Waals surface area contributed by atoms with Crippen molar-refractivity contribution in [2.75, 3.05) is 7.05 Å². The van der Waals surface area contributed by atoms with E-state index in [0.717, 1.165) is 6.21 Å². The first-order chi connectivity index (χ1) is 3.31. The van der Waals surface area contributed by atoms with E-state index >= 15 is 0 Å². The minimum atomic E-state index is -0.116. The Morgan fingerprint density at radius 3 is 2.71 bits per heavy atom. The number of amides is 1. The van der Waals surface area contributed by atoms with Crippen LogP contribution in [-0.4, -0.2) is 19.2 Å². The van der Waals surface area contributed by atoms with Gasteiger partial charge < -0.3 is 10.7 Å². The van der Waals surface area contributed by atoms with Crippen molar-refractivity contribution in [1.29, 1.82) is 5.41 Å². The zero-order valence-corrected chi connectivity index (χ0v) is 4.19.